The second-order valence-electron chi connectivity index (χ2n) is 8.13. The minimum absolute atomic E-state index is 0.411. The SMILES string of the molecule is Clc1ccc(C=C(COc2ccccc2)c2ccc(OCc3ccc4ccccc4n3)cc2)cc1. The first-order valence-electron chi connectivity index (χ1n) is 11.4. The fourth-order valence-electron chi connectivity index (χ4n) is 3.76. The summed E-state index contributed by atoms with van der Waals surface area (Å²) >= 11 is 6.06. The summed E-state index contributed by atoms with van der Waals surface area (Å²) in [5, 5.41) is 1.84. The number of hydrogen-bond acceptors (Lipinski definition) is 3. The molecule has 35 heavy (non-hydrogen) atoms. The van der Waals surface area contributed by atoms with Crippen LogP contribution in [-0.4, -0.2) is 11.6 Å². The van der Waals surface area contributed by atoms with E-state index in [1.54, 1.807) is 0 Å². The molecule has 0 fully saturated rings. The van der Waals surface area contributed by atoms with Crippen molar-refractivity contribution in [1.29, 1.82) is 0 Å². The van der Waals surface area contributed by atoms with Gasteiger partial charge in [0.25, 0.3) is 0 Å². The van der Waals surface area contributed by atoms with Gasteiger partial charge in [-0.05, 0) is 71.3 Å². The lowest BCUT2D eigenvalue weighted by Crippen LogP contribution is -2.02. The average Bonchev–Trinajstić information content (AvgIpc) is 2.92. The number of pyridine rings is 1. The van der Waals surface area contributed by atoms with Crippen molar-refractivity contribution in [3.8, 4) is 11.5 Å². The van der Waals surface area contributed by atoms with E-state index in [4.69, 9.17) is 21.1 Å². The summed E-state index contributed by atoms with van der Waals surface area (Å²) in [4.78, 5) is 4.68. The van der Waals surface area contributed by atoms with Crippen LogP contribution >= 0.6 is 11.6 Å². The van der Waals surface area contributed by atoms with E-state index in [9.17, 15) is 0 Å². The van der Waals surface area contributed by atoms with E-state index in [1.165, 1.54) is 0 Å². The fraction of sp³-hybridized carbons (Fsp3) is 0.0645. The van der Waals surface area contributed by atoms with E-state index in [0.717, 1.165) is 44.8 Å². The van der Waals surface area contributed by atoms with Crippen molar-refractivity contribution < 1.29 is 9.47 Å². The summed E-state index contributed by atoms with van der Waals surface area (Å²) in [6.45, 7) is 0.850. The Kier molecular flexibility index (Phi) is 7.07. The van der Waals surface area contributed by atoms with E-state index in [1.807, 2.05) is 91.0 Å². The van der Waals surface area contributed by atoms with Gasteiger partial charge in [-0.2, -0.15) is 0 Å². The third-order valence-corrected chi connectivity index (χ3v) is 5.87. The molecule has 0 N–H and O–H groups in total. The predicted octanol–water partition coefficient (Wildman–Crippen LogP) is 8.09. The monoisotopic (exact) mass is 477 g/mol. The first-order valence-corrected chi connectivity index (χ1v) is 11.8. The van der Waals surface area contributed by atoms with Gasteiger partial charge < -0.3 is 9.47 Å². The molecule has 0 atom stereocenters. The third-order valence-electron chi connectivity index (χ3n) is 5.62. The number of nitrogens with zero attached hydrogens (tertiary/aromatic N) is 1. The van der Waals surface area contributed by atoms with Gasteiger partial charge in [0, 0.05) is 10.4 Å². The van der Waals surface area contributed by atoms with Gasteiger partial charge in [-0.15, -0.1) is 0 Å². The number of halogens is 1. The maximum absolute atomic E-state index is 6.06. The van der Waals surface area contributed by atoms with Gasteiger partial charge in [0.15, 0.2) is 0 Å². The molecular formula is C31H24ClNO2. The Bertz CT molecular complexity index is 1430. The largest absolute Gasteiger partial charge is 0.489 e. The second-order valence-corrected chi connectivity index (χ2v) is 8.57. The molecule has 0 amide bonds. The summed E-state index contributed by atoms with van der Waals surface area (Å²) in [6.07, 6.45) is 2.12. The van der Waals surface area contributed by atoms with Crippen LogP contribution in [0.2, 0.25) is 5.02 Å². The van der Waals surface area contributed by atoms with Crippen LogP contribution in [0, 0.1) is 0 Å². The van der Waals surface area contributed by atoms with Crippen LogP contribution < -0.4 is 9.47 Å². The molecule has 0 aliphatic heterocycles. The van der Waals surface area contributed by atoms with Gasteiger partial charge >= 0.3 is 0 Å². The van der Waals surface area contributed by atoms with E-state index < -0.39 is 0 Å². The van der Waals surface area contributed by atoms with Crippen LogP contribution in [0.4, 0.5) is 0 Å². The third kappa shape index (κ3) is 6.08. The van der Waals surface area contributed by atoms with Crippen molar-refractivity contribution in [2.45, 2.75) is 6.61 Å². The zero-order valence-electron chi connectivity index (χ0n) is 19.1. The summed E-state index contributed by atoms with van der Waals surface area (Å²) in [5.74, 6) is 1.62. The van der Waals surface area contributed by atoms with Gasteiger partial charge in [-0.3, -0.25) is 0 Å². The smallest absolute Gasteiger partial charge is 0.130 e. The van der Waals surface area contributed by atoms with Gasteiger partial charge in [0.05, 0.1) is 11.2 Å². The first-order chi connectivity index (χ1) is 17.2. The minimum Gasteiger partial charge on any atom is -0.489 e. The fourth-order valence-corrected chi connectivity index (χ4v) is 3.88. The van der Waals surface area contributed by atoms with Crippen LogP contribution in [0.3, 0.4) is 0 Å². The van der Waals surface area contributed by atoms with Crippen LogP contribution in [0.1, 0.15) is 16.8 Å². The molecule has 3 nitrogen and oxygen atoms in total. The highest BCUT2D eigenvalue weighted by Crippen LogP contribution is 2.24. The maximum Gasteiger partial charge on any atom is 0.130 e. The number of ether oxygens (including phenoxy) is 2. The van der Waals surface area contributed by atoms with Crippen LogP contribution in [0.15, 0.2) is 115 Å². The zero-order valence-corrected chi connectivity index (χ0v) is 19.9. The molecule has 0 spiro atoms. The van der Waals surface area contributed by atoms with Gasteiger partial charge in [-0.25, -0.2) is 4.98 Å². The molecule has 4 heteroatoms. The minimum atomic E-state index is 0.411. The quantitative estimate of drug-likeness (QED) is 0.212. The molecule has 4 aromatic carbocycles. The molecule has 0 saturated carbocycles. The normalized spacial score (nSPS) is 11.4. The topological polar surface area (TPSA) is 31.4 Å². The Morgan fingerprint density at radius 2 is 1.40 bits per heavy atom. The van der Waals surface area contributed by atoms with Gasteiger partial charge in [-0.1, -0.05) is 78.3 Å². The lowest BCUT2D eigenvalue weighted by molar-refractivity contribution is 0.302. The Balaban J connectivity index is 1.32. The number of benzene rings is 4. The Morgan fingerprint density at radius 1 is 0.686 bits per heavy atom. The second kappa shape index (κ2) is 10.9. The van der Waals surface area contributed by atoms with E-state index in [2.05, 4.69) is 35.3 Å². The molecule has 0 radical (unpaired) electrons. The van der Waals surface area contributed by atoms with Gasteiger partial charge in [0.1, 0.15) is 24.7 Å². The molecule has 0 unspecified atom stereocenters. The van der Waals surface area contributed by atoms with E-state index in [0.29, 0.717) is 18.2 Å². The summed E-state index contributed by atoms with van der Waals surface area (Å²) in [5.41, 5.74) is 5.04. The van der Waals surface area contributed by atoms with E-state index >= 15 is 0 Å². The standard InChI is InChI=1S/C31H24ClNO2/c32-27-15-10-23(11-16-27)20-26(21-34-29-7-2-1-3-8-29)24-13-18-30(19-14-24)35-22-28-17-12-25-6-4-5-9-31(25)33-28/h1-20H,21-22H2. The molecular weight excluding hydrogens is 454 g/mol. The predicted molar refractivity (Wildman–Crippen MR) is 144 cm³/mol. The lowest BCUT2D eigenvalue weighted by atomic mass is 10.0. The van der Waals surface area contributed by atoms with Gasteiger partial charge in [0.2, 0.25) is 0 Å². The van der Waals surface area contributed by atoms with Crippen molar-refractivity contribution in [3.63, 3.8) is 0 Å². The van der Waals surface area contributed by atoms with Crippen molar-refractivity contribution in [1.82, 2.24) is 4.98 Å². The molecule has 0 saturated heterocycles. The average molecular weight is 478 g/mol. The molecule has 5 rings (SSSR count). The van der Waals surface area contributed by atoms with Crippen molar-refractivity contribution in [3.05, 3.63) is 137 Å². The Morgan fingerprint density at radius 3 is 2.20 bits per heavy atom. The van der Waals surface area contributed by atoms with Crippen LogP contribution in [0.5, 0.6) is 11.5 Å². The van der Waals surface area contributed by atoms with Crippen molar-refractivity contribution >= 4 is 34.2 Å². The molecule has 0 aliphatic carbocycles. The molecule has 0 aliphatic rings. The number of aromatic nitrogens is 1. The van der Waals surface area contributed by atoms with E-state index in [-0.39, 0.29) is 0 Å². The van der Waals surface area contributed by atoms with Crippen molar-refractivity contribution in [2.75, 3.05) is 6.61 Å². The molecule has 0 bridgehead atoms. The highest BCUT2D eigenvalue weighted by Gasteiger charge is 2.06. The highest BCUT2D eigenvalue weighted by atomic mass is 35.5. The van der Waals surface area contributed by atoms with Crippen LogP contribution in [0.25, 0.3) is 22.6 Å². The summed E-state index contributed by atoms with van der Waals surface area (Å²) in [6, 6.07) is 37.8. The van der Waals surface area contributed by atoms with Crippen LogP contribution in [-0.2, 0) is 6.61 Å². The Hall–Kier alpha value is -4.08. The molecule has 172 valence electrons. The number of rotatable bonds is 8. The Labute approximate surface area is 210 Å². The molecule has 5 aromatic rings. The maximum atomic E-state index is 6.06. The summed E-state index contributed by atoms with van der Waals surface area (Å²) < 4.78 is 12.1. The number of fused-ring (bicyclic) bond motifs is 1. The molecule has 1 heterocycles. The number of para-hydroxylation sites is 2. The molecule has 1 aromatic heterocycles. The zero-order chi connectivity index (χ0) is 23.9. The highest BCUT2D eigenvalue weighted by molar-refractivity contribution is 6.30. The first kappa shape index (κ1) is 22.7. The number of hydrogen-bond donors (Lipinski definition) is 0. The summed E-state index contributed by atoms with van der Waals surface area (Å²) in [7, 11) is 0. The van der Waals surface area contributed by atoms with Crippen molar-refractivity contribution in [2.24, 2.45) is 0 Å². The lowest BCUT2D eigenvalue weighted by Gasteiger charge is -2.12.